The molecule has 0 aliphatic rings. The Kier molecular flexibility index (Phi) is 4.63. The van der Waals surface area contributed by atoms with Gasteiger partial charge in [0.15, 0.2) is 0 Å². The Morgan fingerprint density at radius 1 is 1.00 bits per heavy atom. The van der Waals surface area contributed by atoms with Gasteiger partial charge < -0.3 is 0 Å². The van der Waals surface area contributed by atoms with Gasteiger partial charge in [0.2, 0.25) is 0 Å². The first-order valence-electron chi connectivity index (χ1n) is 8.16. The van der Waals surface area contributed by atoms with Gasteiger partial charge in [0.25, 0.3) is 10.0 Å². The summed E-state index contributed by atoms with van der Waals surface area (Å²) in [7, 11) is -3.71. The van der Waals surface area contributed by atoms with Crippen molar-refractivity contribution in [3.05, 3.63) is 71.5 Å². The van der Waals surface area contributed by atoms with E-state index in [0.29, 0.717) is 17.1 Å². The number of aryl methyl sites for hydroxylation is 2. The van der Waals surface area contributed by atoms with Crippen LogP contribution >= 0.6 is 0 Å². The summed E-state index contributed by atoms with van der Waals surface area (Å²) in [5.74, 6) is 0. The van der Waals surface area contributed by atoms with E-state index in [9.17, 15) is 8.42 Å². The molecule has 0 amide bonds. The monoisotopic (exact) mass is 355 g/mol. The molecule has 5 nitrogen and oxygen atoms in total. The number of sulfonamides is 1. The lowest BCUT2D eigenvalue weighted by Crippen LogP contribution is -2.15. The predicted molar refractivity (Wildman–Crippen MR) is 99.7 cm³/mol. The van der Waals surface area contributed by atoms with Crippen molar-refractivity contribution in [3.63, 3.8) is 0 Å². The summed E-state index contributed by atoms with van der Waals surface area (Å²) in [6.45, 7) is 5.53. The molecule has 0 atom stereocenters. The molecular formula is C19H21N3O2S. The number of para-hydroxylation sites is 1. The van der Waals surface area contributed by atoms with Gasteiger partial charge in [-0.15, -0.1) is 0 Å². The fourth-order valence-electron chi connectivity index (χ4n) is 2.85. The molecule has 0 radical (unpaired) electrons. The van der Waals surface area contributed by atoms with Gasteiger partial charge in [-0.25, -0.2) is 13.1 Å². The minimum Gasteiger partial charge on any atom is -0.280 e. The molecule has 1 N–H and O–H groups in total. The van der Waals surface area contributed by atoms with E-state index in [2.05, 4.69) is 16.7 Å². The van der Waals surface area contributed by atoms with E-state index in [1.807, 2.05) is 42.5 Å². The van der Waals surface area contributed by atoms with Gasteiger partial charge in [-0.2, -0.15) is 5.10 Å². The highest BCUT2D eigenvalue weighted by molar-refractivity contribution is 7.92. The van der Waals surface area contributed by atoms with Crippen molar-refractivity contribution in [1.29, 1.82) is 0 Å². The quantitative estimate of drug-likeness (QED) is 0.756. The molecule has 0 unspecified atom stereocenters. The highest BCUT2D eigenvalue weighted by atomic mass is 32.2. The Balaban J connectivity index is 1.98. The molecule has 0 bridgehead atoms. The fourth-order valence-corrected chi connectivity index (χ4v) is 4.31. The lowest BCUT2D eigenvalue weighted by molar-refractivity contribution is 0.600. The van der Waals surface area contributed by atoms with Gasteiger partial charge in [-0.1, -0.05) is 37.3 Å². The van der Waals surface area contributed by atoms with E-state index in [-0.39, 0.29) is 4.90 Å². The number of anilines is 1. The largest absolute Gasteiger partial charge is 0.280 e. The van der Waals surface area contributed by atoms with Crippen molar-refractivity contribution in [2.75, 3.05) is 4.72 Å². The second-order valence-electron chi connectivity index (χ2n) is 5.90. The molecule has 0 aliphatic carbocycles. The summed E-state index contributed by atoms with van der Waals surface area (Å²) < 4.78 is 30.1. The normalized spacial score (nSPS) is 11.5. The third-order valence-corrected chi connectivity index (χ3v) is 5.74. The van der Waals surface area contributed by atoms with Crippen LogP contribution in [-0.2, 0) is 16.4 Å². The molecule has 25 heavy (non-hydrogen) atoms. The van der Waals surface area contributed by atoms with Crippen molar-refractivity contribution in [2.24, 2.45) is 0 Å². The molecule has 0 aliphatic heterocycles. The van der Waals surface area contributed by atoms with Crippen molar-refractivity contribution < 1.29 is 8.42 Å². The topological polar surface area (TPSA) is 64.0 Å². The molecule has 3 aromatic rings. The third kappa shape index (κ3) is 3.44. The Hall–Kier alpha value is -2.60. The molecule has 2 aromatic carbocycles. The number of rotatable bonds is 5. The van der Waals surface area contributed by atoms with Crippen LogP contribution in [0, 0.1) is 13.8 Å². The Morgan fingerprint density at radius 3 is 2.24 bits per heavy atom. The number of hydrogen-bond acceptors (Lipinski definition) is 3. The van der Waals surface area contributed by atoms with Gasteiger partial charge in [0.05, 0.1) is 17.1 Å². The molecule has 0 spiro atoms. The molecule has 130 valence electrons. The van der Waals surface area contributed by atoms with E-state index in [0.717, 1.165) is 17.7 Å². The van der Waals surface area contributed by atoms with Gasteiger partial charge >= 0.3 is 0 Å². The van der Waals surface area contributed by atoms with Crippen LogP contribution in [0.5, 0.6) is 0 Å². The van der Waals surface area contributed by atoms with Gasteiger partial charge in [-0.3, -0.25) is 4.72 Å². The summed E-state index contributed by atoms with van der Waals surface area (Å²) >= 11 is 0. The van der Waals surface area contributed by atoms with Crippen LogP contribution in [0.2, 0.25) is 0 Å². The Morgan fingerprint density at radius 2 is 1.64 bits per heavy atom. The lowest BCUT2D eigenvalue weighted by atomic mass is 10.2. The van der Waals surface area contributed by atoms with Crippen molar-refractivity contribution in [1.82, 2.24) is 9.78 Å². The SMILES string of the molecule is CCc1ccc(NS(=O)(=O)c2c(C)nn(-c3ccccc3)c2C)cc1. The van der Waals surface area contributed by atoms with Crippen LogP contribution in [-0.4, -0.2) is 18.2 Å². The average molecular weight is 355 g/mol. The van der Waals surface area contributed by atoms with Crippen molar-refractivity contribution >= 4 is 15.7 Å². The molecule has 6 heteroatoms. The van der Waals surface area contributed by atoms with E-state index in [1.54, 1.807) is 30.7 Å². The summed E-state index contributed by atoms with van der Waals surface area (Å²) in [5.41, 5.74) is 3.59. The fraction of sp³-hybridized carbons (Fsp3) is 0.211. The molecule has 1 heterocycles. The molecule has 0 saturated carbocycles. The minimum atomic E-state index is -3.71. The molecule has 1 aromatic heterocycles. The van der Waals surface area contributed by atoms with Gasteiger partial charge in [0.1, 0.15) is 4.90 Å². The number of nitrogens with zero attached hydrogens (tertiary/aromatic N) is 2. The second kappa shape index (κ2) is 6.72. The average Bonchev–Trinajstić information content (AvgIpc) is 2.91. The summed E-state index contributed by atoms with van der Waals surface area (Å²) in [4.78, 5) is 0.218. The summed E-state index contributed by atoms with van der Waals surface area (Å²) in [6, 6.07) is 16.9. The highest BCUT2D eigenvalue weighted by Crippen LogP contribution is 2.25. The highest BCUT2D eigenvalue weighted by Gasteiger charge is 2.25. The smallest absolute Gasteiger partial charge is 0.265 e. The maximum atomic E-state index is 12.9. The Bertz CT molecular complexity index is 976. The van der Waals surface area contributed by atoms with Crippen molar-refractivity contribution in [2.45, 2.75) is 32.1 Å². The van der Waals surface area contributed by atoms with Crippen LogP contribution in [0.4, 0.5) is 5.69 Å². The van der Waals surface area contributed by atoms with E-state index in [1.165, 1.54) is 0 Å². The van der Waals surface area contributed by atoms with Gasteiger partial charge in [0, 0.05) is 5.69 Å². The first-order chi connectivity index (χ1) is 11.9. The standard InChI is InChI=1S/C19H21N3O2S/c1-4-16-10-12-17(13-11-16)21-25(23,24)19-14(2)20-22(15(19)3)18-8-6-5-7-9-18/h5-13,21H,4H2,1-3H3. The third-order valence-electron chi connectivity index (χ3n) is 4.11. The summed E-state index contributed by atoms with van der Waals surface area (Å²) in [5, 5.41) is 4.41. The lowest BCUT2D eigenvalue weighted by Gasteiger charge is -2.09. The summed E-state index contributed by atoms with van der Waals surface area (Å²) in [6.07, 6.45) is 0.912. The zero-order valence-corrected chi connectivity index (χ0v) is 15.3. The van der Waals surface area contributed by atoms with E-state index >= 15 is 0 Å². The van der Waals surface area contributed by atoms with E-state index < -0.39 is 10.0 Å². The maximum absolute atomic E-state index is 12.9. The van der Waals surface area contributed by atoms with Crippen LogP contribution in [0.15, 0.2) is 59.5 Å². The van der Waals surface area contributed by atoms with Crippen LogP contribution < -0.4 is 4.72 Å². The minimum absolute atomic E-state index is 0.218. The van der Waals surface area contributed by atoms with E-state index in [4.69, 9.17) is 0 Å². The zero-order valence-electron chi connectivity index (χ0n) is 14.5. The molecule has 0 saturated heterocycles. The predicted octanol–water partition coefficient (Wildman–Crippen LogP) is 3.85. The van der Waals surface area contributed by atoms with Crippen LogP contribution in [0.25, 0.3) is 5.69 Å². The number of hydrogen-bond donors (Lipinski definition) is 1. The number of aromatic nitrogens is 2. The number of benzene rings is 2. The van der Waals surface area contributed by atoms with Crippen molar-refractivity contribution in [3.8, 4) is 5.69 Å². The number of nitrogens with one attached hydrogen (secondary N) is 1. The molecule has 0 fully saturated rings. The second-order valence-corrected chi connectivity index (χ2v) is 7.52. The molecule has 3 rings (SSSR count). The van der Waals surface area contributed by atoms with Crippen LogP contribution in [0.1, 0.15) is 23.9 Å². The van der Waals surface area contributed by atoms with Gasteiger partial charge in [-0.05, 0) is 50.1 Å². The molecular weight excluding hydrogens is 334 g/mol. The Labute approximate surface area is 148 Å². The maximum Gasteiger partial charge on any atom is 0.265 e. The zero-order chi connectivity index (χ0) is 18.0. The first-order valence-corrected chi connectivity index (χ1v) is 9.64. The van der Waals surface area contributed by atoms with Crippen LogP contribution in [0.3, 0.4) is 0 Å². The first kappa shape index (κ1) is 17.2.